The van der Waals surface area contributed by atoms with Gasteiger partial charge in [-0.15, -0.1) is 0 Å². The van der Waals surface area contributed by atoms with Gasteiger partial charge in [0.2, 0.25) is 0 Å². The number of hydrogen-bond donors (Lipinski definition) is 3. The van der Waals surface area contributed by atoms with E-state index >= 15 is 0 Å². The molecule has 0 unspecified atom stereocenters. The summed E-state index contributed by atoms with van der Waals surface area (Å²) in [6.45, 7) is 2.04. The van der Waals surface area contributed by atoms with Crippen LogP contribution < -0.4 is 10.1 Å². The molecule has 0 saturated carbocycles. The minimum atomic E-state index is -0.961. The number of thiol groups is 1. The zero-order valence-electron chi connectivity index (χ0n) is 18.8. The summed E-state index contributed by atoms with van der Waals surface area (Å²) in [6, 6.07) is 15.0. The summed E-state index contributed by atoms with van der Waals surface area (Å²) in [5.74, 6) is -0.702. The van der Waals surface area contributed by atoms with Crippen molar-refractivity contribution in [1.29, 1.82) is 0 Å². The number of benzene rings is 2. The smallest absolute Gasteiger partial charge is 0.414 e. The van der Waals surface area contributed by atoms with Crippen molar-refractivity contribution in [3.8, 4) is 5.75 Å². The zero-order chi connectivity index (χ0) is 24.8. The van der Waals surface area contributed by atoms with Crippen LogP contribution in [0.2, 0.25) is 0 Å². The molecule has 0 aliphatic heterocycles. The Morgan fingerprint density at radius 3 is 2.50 bits per heavy atom. The summed E-state index contributed by atoms with van der Waals surface area (Å²) < 4.78 is 22.0. The average Bonchev–Trinajstić information content (AvgIpc) is 2.86. The Kier molecular flexibility index (Phi) is 11.9. The van der Waals surface area contributed by atoms with Crippen molar-refractivity contribution in [2.45, 2.75) is 25.6 Å². The summed E-state index contributed by atoms with van der Waals surface area (Å²) in [5.41, 5.74) is 0.840. The molecule has 2 rings (SSSR count). The third-order valence-electron chi connectivity index (χ3n) is 4.55. The molecule has 2 N–H and O–H groups in total. The Labute approximate surface area is 203 Å². The molecule has 2 atom stereocenters. The molecule has 2 aromatic carbocycles. The van der Waals surface area contributed by atoms with Gasteiger partial charge in [0, 0.05) is 18.6 Å². The number of alkyl carbamates (subject to hydrolysis) is 1. The van der Waals surface area contributed by atoms with Crippen molar-refractivity contribution in [2.24, 2.45) is 0 Å². The van der Waals surface area contributed by atoms with Gasteiger partial charge in [0.05, 0.1) is 19.0 Å². The van der Waals surface area contributed by atoms with Crippen molar-refractivity contribution in [2.75, 3.05) is 32.2 Å². The summed E-state index contributed by atoms with van der Waals surface area (Å²) in [7, 11) is 0. The lowest BCUT2D eigenvalue weighted by Gasteiger charge is -2.27. The second kappa shape index (κ2) is 14.9. The zero-order valence-corrected chi connectivity index (χ0v) is 19.7. The molecule has 2 amide bonds. The molecule has 0 aliphatic rings. The largest absolute Gasteiger partial charge is 0.491 e. The van der Waals surface area contributed by atoms with E-state index < -0.39 is 30.2 Å². The van der Waals surface area contributed by atoms with Gasteiger partial charge in [0.1, 0.15) is 18.5 Å². The van der Waals surface area contributed by atoms with Crippen LogP contribution in [0.5, 0.6) is 5.75 Å². The van der Waals surface area contributed by atoms with Crippen LogP contribution in [-0.4, -0.2) is 61.4 Å². The van der Waals surface area contributed by atoms with Gasteiger partial charge in [-0.05, 0) is 36.8 Å². The summed E-state index contributed by atoms with van der Waals surface area (Å²) >= 11 is 3.88. The van der Waals surface area contributed by atoms with Crippen molar-refractivity contribution in [3.05, 3.63) is 65.7 Å². The highest BCUT2D eigenvalue weighted by Gasteiger charge is 2.29. The fraction of sp³-hybridized carbons (Fsp3) is 0.375. The lowest BCUT2D eigenvalue weighted by Crippen LogP contribution is -2.36. The van der Waals surface area contributed by atoms with Gasteiger partial charge in [0.25, 0.3) is 5.91 Å². The molecular formula is C24H29NO8S. The average molecular weight is 492 g/mol. The van der Waals surface area contributed by atoms with E-state index in [1.807, 2.05) is 0 Å². The first kappa shape index (κ1) is 27.2. The van der Waals surface area contributed by atoms with E-state index in [0.29, 0.717) is 23.5 Å². The fourth-order valence-corrected chi connectivity index (χ4v) is 3.16. The van der Waals surface area contributed by atoms with Crippen LogP contribution in [0.3, 0.4) is 0 Å². The number of carbonyl (C=O) groups excluding carboxylic acids is 3. The number of aliphatic hydroxyl groups excluding tert-OH is 1. The Bertz CT molecular complexity index is 924. The van der Waals surface area contributed by atoms with Crippen LogP contribution in [0, 0.1) is 0 Å². The molecule has 0 fully saturated rings. The Hall–Kier alpha value is -3.08. The predicted molar refractivity (Wildman–Crippen MR) is 127 cm³/mol. The molecule has 10 heteroatoms. The minimum absolute atomic E-state index is 0.0230. The third-order valence-corrected chi connectivity index (χ3v) is 4.80. The molecule has 2 aromatic rings. The molecule has 0 radical (unpaired) electrons. The first-order chi connectivity index (χ1) is 16.5. The van der Waals surface area contributed by atoms with Crippen LogP contribution in [-0.2, 0) is 19.0 Å². The van der Waals surface area contributed by atoms with Crippen LogP contribution in [0.25, 0.3) is 0 Å². The third kappa shape index (κ3) is 9.05. The van der Waals surface area contributed by atoms with Crippen molar-refractivity contribution in [3.63, 3.8) is 0 Å². The molecule has 0 saturated heterocycles. The van der Waals surface area contributed by atoms with Gasteiger partial charge in [-0.2, -0.15) is 12.6 Å². The van der Waals surface area contributed by atoms with E-state index in [1.165, 1.54) is 0 Å². The summed E-state index contributed by atoms with van der Waals surface area (Å²) in [4.78, 5) is 36.5. The minimum Gasteiger partial charge on any atom is -0.491 e. The summed E-state index contributed by atoms with van der Waals surface area (Å²) in [6.07, 6.45) is -2.38. The highest BCUT2D eigenvalue weighted by atomic mass is 32.1. The van der Waals surface area contributed by atoms with Gasteiger partial charge in [-0.3, -0.25) is 14.9 Å². The molecule has 184 valence electrons. The fourth-order valence-electron chi connectivity index (χ4n) is 3.07. The SMILES string of the molecule is CCO[C@@H](CCOC(=O)CS)[C@@H](OC(=O)NC(=O)c1ccccc1)c1cccc(OCCO)c1. The lowest BCUT2D eigenvalue weighted by molar-refractivity contribution is -0.142. The van der Waals surface area contributed by atoms with Crippen LogP contribution >= 0.6 is 12.6 Å². The van der Waals surface area contributed by atoms with Gasteiger partial charge < -0.3 is 24.1 Å². The van der Waals surface area contributed by atoms with Crippen molar-refractivity contribution < 1.29 is 38.4 Å². The van der Waals surface area contributed by atoms with Gasteiger partial charge in [0.15, 0.2) is 6.10 Å². The number of aliphatic hydroxyl groups is 1. The number of nitrogens with one attached hydrogen (secondary N) is 1. The highest BCUT2D eigenvalue weighted by Crippen LogP contribution is 2.29. The van der Waals surface area contributed by atoms with E-state index in [4.69, 9.17) is 24.1 Å². The van der Waals surface area contributed by atoms with E-state index in [1.54, 1.807) is 61.5 Å². The standard InChI is InChI=1S/C24H29NO8S/c1-2-30-20(11-13-32-21(27)16-34)22(18-9-6-10-19(15-18)31-14-12-26)33-24(29)25-23(28)17-7-4-3-5-8-17/h3-10,15,20,22,26,34H,2,11-14,16H2,1H3,(H,25,28,29)/t20-,22-/m0/s1. The molecule has 9 nitrogen and oxygen atoms in total. The quantitative estimate of drug-likeness (QED) is 0.289. The number of carbonyl (C=O) groups is 3. The molecule has 0 aliphatic carbocycles. The maximum absolute atomic E-state index is 12.6. The molecule has 34 heavy (non-hydrogen) atoms. The molecular weight excluding hydrogens is 462 g/mol. The number of hydrogen-bond acceptors (Lipinski definition) is 9. The monoisotopic (exact) mass is 491 g/mol. The molecule has 0 bridgehead atoms. The number of ether oxygens (including phenoxy) is 4. The van der Waals surface area contributed by atoms with Gasteiger partial charge in [-0.1, -0.05) is 30.3 Å². The Morgan fingerprint density at radius 1 is 1.06 bits per heavy atom. The van der Waals surface area contributed by atoms with Crippen LogP contribution in [0.1, 0.15) is 35.4 Å². The summed E-state index contributed by atoms with van der Waals surface area (Å²) in [5, 5.41) is 11.2. The first-order valence-electron chi connectivity index (χ1n) is 10.8. The van der Waals surface area contributed by atoms with Gasteiger partial charge in [-0.25, -0.2) is 4.79 Å². The molecule has 0 aromatic heterocycles. The van der Waals surface area contributed by atoms with E-state index in [-0.39, 0.29) is 32.0 Å². The number of esters is 1. The van der Waals surface area contributed by atoms with Crippen LogP contribution in [0.4, 0.5) is 4.79 Å². The lowest BCUT2D eigenvalue weighted by atomic mass is 10.0. The maximum atomic E-state index is 12.6. The first-order valence-corrected chi connectivity index (χ1v) is 11.4. The van der Waals surface area contributed by atoms with E-state index in [9.17, 15) is 14.4 Å². The number of amides is 2. The number of rotatable bonds is 13. The Balaban J connectivity index is 2.23. The normalized spacial score (nSPS) is 12.3. The molecule has 0 heterocycles. The van der Waals surface area contributed by atoms with E-state index in [0.717, 1.165) is 0 Å². The van der Waals surface area contributed by atoms with Crippen molar-refractivity contribution >= 4 is 30.6 Å². The second-order valence-electron chi connectivity index (χ2n) is 6.95. The van der Waals surface area contributed by atoms with Gasteiger partial charge >= 0.3 is 12.1 Å². The topological polar surface area (TPSA) is 120 Å². The van der Waals surface area contributed by atoms with Crippen LogP contribution in [0.15, 0.2) is 54.6 Å². The number of imide groups is 1. The highest BCUT2D eigenvalue weighted by molar-refractivity contribution is 7.81. The predicted octanol–water partition coefficient (Wildman–Crippen LogP) is 2.93. The second-order valence-corrected chi connectivity index (χ2v) is 7.27. The van der Waals surface area contributed by atoms with E-state index in [2.05, 4.69) is 17.9 Å². The van der Waals surface area contributed by atoms with Crippen molar-refractivity contribution in [1.82, 2.24) is 5.32 Å². The Morgan fingerprint density at radius 2 is 1.82 bits per heavy atom. The maximum Gasteiger partial charge on any atom is 0.414 e. The molecule has 0 spiro atoms.